The Labute approximate surface area is 93.4 Å². The van der Waals surface area contributed by atoms with E-state index in [4.69, 9.17) is 9.47 Å². The van der Waals surface area contributed by atoms with Crippen LogP contribution >= 0.6 is 0 Å². The number of rotatable bonds is 5. The molecule has 1 rings (SSSR count). The topological polar surface area (TPSA) is 68.4 Å². The summed E-state index contributed by atoms with van der Waals surface area (Å²) in [5, 5.41) is 0. The molecule has 0 saturated carbocycles. The number of H-pyrrole nitrogens is 1. The summed E-state index contributed by atoms with van der Waals surface area (Å²) in [6.07, 6.45) is 1.83. The van der Waals surface area contributed by atoms with Crippen LogP contribution in [-0.2, 0) is 15.9 Å². The van der Waals surface area contributed by atoms with Gasteiger partial charge in [0.15, 0.2) is 0 Å². The lowest BCUT2D eigenvalue weighted by Crippen LogP contribution is -2.17. The highest BCUT2D eigenvalue weighted by Gasteiger charge is 2.09. The molecule has 0 spiro atoms. The number of carbonyl (C=O) groups is 1. The number of esters is 1. The van der Waals surface area contributed by atoms with Crippen molar-refractivity contribution in [2.24, 2.45) is 0 Å². The molecular weight excluding hydrogens is 210 g/mol. The summed E-state index contributed by atoms with van der Waals surface area (Å²) >= 11 is 0. The summed E-state index contributed by atoms with van der Waals surface area (Å²) < 4.78 is 9.71. The summed E-state index contributed by atoms with van der Waals surface area (Å²) in [7, 11) is 1.56. The van der Waals surface area contributed by atoms with E-state index in [0.717, 1.165) is 0 Å². The maximum atomic E-state index is 11.4. The minimum atomic E-state index is -0.433. The molecule has 0 saturated heterocycles. The van der Waals surface area contributed by atoms with Gasteiger partial charge in [0.2, 0.25) is 0 Å². The number of methoxy groups -OCH3 is 1. The molecule has 0 bridgehead atoms. The van der Waals surface area contributed by atoms with Crippen molar-refractivity contribution in [1.29, 1.82) is 0 Å². The molecule has 5 nitrogen and oxygen atoms in total. The molecule has 0 atom stereocenters. The van der Waals surface area contributed by atoms with E-state index in [0.29, 0.717) is 30.8 Å². The number of aromatic nitrogens is 1. The minimum Gasteiger partial charge on any atom is -0.462 e. The molecule has 88 valence electrons. The molecule has 0 unspecified atom stereocenters. The third-order valence-electron chi connectivity index (χ3n) is 2.07. The number of aromatic amines is 1. The average molecular weight is 225 g/mol. The molecule has 0 aliphatic carbocycles. The lowest BCUT2D eigenvalue weighted by Gasteiger charge is -2.04. The molecule has 16 heavy (non-hydrogen) atoms. The Kier molecular flexibility index (Phi) is 4.72. The Bertz CT molecular complexity index is 411. The number of carbonyl (C=O) groups excluding carboxylic acids is 1. The highest BCUT2D eigenvalue weighted by Crippen LogP contribution is 2.02. The highest BCUT2D eigenvalue weighted by atomic mass is 16.5. The quantitative estimate of drug-likeness (QED) is 0.750. The number of pyridine rings is 1. The van der Waals surface area contributed by atoms with Gasteiger partial charge < -0.3 is 14.5 Å². The molecule has 0 aliphatic rings. The van der Waals surface area contributed by atoms with E-state index in [9.17, 15) is 9.59 Å². The van der Waals surface area contributed by atoms with Crippen molar-refractivity contribution >= 4 is 5.97 Å². The van der Waals surface area contributed by atoms with Gasteiger partial charge in [0.05, 0.1) is 18.8 Å². The van der Waals surface area contributed by atoms with Crippen LogP contribution in [0.25, 0.3) is 0 Å². The summed E-state index contributed by atoms with van der Waals surface area (Å²) in [6, 6.07) is 1.54. The zero-order chi connectivity index (χ0) is 12.0. The predicted molar refractivity (Wildman–Crippen MR) is 58.6 cm³/mol. The van der Waals surface area contributed by atoms with Crippen LogP contribution in [0.2, 0.25) is 0 Å². The minimum absolute atomic E-state index is 0.204. The van der Waals surface area contributed by atoms with Crippen LogP contribution in [0.1, 0.15) is 22.8 Å². The second-order valence-electron chi connectivity index (χ2n) is 3.21. The van der Waals surface area contributed by atoms with Crippen molar-refractivity contribution in [2.75, 3.05) is 20.3 Å². The van der Waals surface area contributed by atoms with Gasteiger partial charge in [-0.1, -0.05) is 0 Å². The number of nitrogens with one attached hydrogen (secondary N) is 1. The largest absolute Gasteiger partial charge is 0.462 e. The summed E-state index contributed by atoms with van der Waals surface area (Å²) in [5.74, 6) is -0.433. The molecular formula is C11H15NO4. The molecule has 0 amide bonds. The Hall–Kier alpha value is -1.62. The van der Waals surface area contributed by atoms with Gasteiger partial charge in [-0.25, -0.2) is 4.79 Å². The van der Waals surface area contributed by atoms with Gasteiger partial charge in [-0.2, -0.15) is 0 Å². The van der Waals surface area contributed by atoms with Crippen LogP contribution in [-0.4, -0.2) is 31.3 Å². The third kappa shape index (κ3) is 3.20. The van der Waals surface area contributed by atoms with Crippen molar-refractivity contribution in [3.63, 3.8) is 0 Å². The molecule has 5 heteroatoms. The van der Waals surface area contributed by atoms with Crippen LogP contribution in [0.3, 0.4) is 0 Å². The van der Waals surface area contributed by atoms with Gasteiger partial charge in [0.1, 0.15) is 0 Å². The van der Waals surface area contributed by atoms with Gasteiger partial charge in [-0.05, 0) is 13.0 Å². The molecule has 0 aromatic carbocycles. The average Bonchev–Trinajstić information content (AvgIpc) is 2.28. The van der Waals surface area contributed by atoms with E-state index >= 15 is 0 Å². The second-order valence-corrected chi connectivity index (χ2v) is 3.21. The fourth-order valence-corrected chi connectivity index (χ4v) is 1.26. The van der Waals surface area contributed by atoms with Gasteiger partial charge in [-0.15, -0.1) is 0 Å². The van der Waals surface area contributed by atoms with E-state index in [1.807, 2.05) is 0 Å². The molecule has 0 aliphatic heterocycles. The van der Waals surface area contributed by atoms with E-state index < -0.39 is 5.97 Å². The summed E-state index contributed by atoms with van der Waals surface area (Å²) in [4.78, 5) is 25.3. The van der Waals surface area contributed by atoms with Gasteiger partial charge >= 0.3 is 5.97 Å². The Morgan fingerprint density at radius 3 is 2.88 bits per heavy atom. The standard InChI is InChI=1S/C11H15NO4/c1-3-16-11(14)9-6-8(4-5-15-2)10(13)12-7-9/h6-7H,3-5H2,1-2H3,(H,12,13). The van der Waals surface area contributed by atoms with Crippen LogP contribution in [0, 0.1) is 0 Å². The first-order chi connectivity index (χ1) is 7.69. The number of hydrogen-bond donors (Lipinski definition) is 1. The normalized spacial score (nSPS) is 10.1. The molecule has 1 aromatic rings. The lowest BCUT2D eigenvalue weighted by molar-refractivity contribution is 0.0525. The molecule has 1 N–H and O–H groups in total. The monoisotopic (exact) mass is 225 g/mol. The smallest absolute Gasteiger partial charge is 0.339 e. The molecule has 0 radical (unpaired) electrons. The molecule has 1 aromatic heterocycles. The Balaban J connectivity index is 2.88. The van der Waals surface area contributed by atoms with Crippen LogP contribution < -0.4 is 5.56 Å². The van der Waals surface area contributed by atoms with Crippen LogP contribution in [0.15, 0.2) is 17.1 Å². The van der Waals surface area contributed by atoms with E-state index in [-0.39, 0.29) is 5.56 Å². The maximum absolute atomic E-state index is 11.4. The Morgan fingerprint density at radius 1 is 1.50 bits per heavy atom. The van der Waals surface area contributed by atoms with E-state index in [1.165, 1.54) is 12.3 Å². The third-order valence-corrected chi connectivity index (χ3v) is 2.07. The number of hydrogen-bond acceptors (Lipinski definition) is 4. The molecule has 0 fully saturated rings. The van der Waals surface area contributed by atoms with Crippen LogP contribution in [0.4, 0.5) is 0 Å². The second kappa shape index (κ2) is 6.07. The van der Waals surface area contributed by atoms with Crippen molar-refractivity contribution in [2.45, 2.75) is 13.3 Å². The molecule has 1 heterocycles. The first-order valence-corrected chi connectivity index (χ1v) is 5.06. The zero-order valence-electron chi connectivity index (χ0n) is 9.41. The first kappa shape index (κ1) is 12.4. The highest BCUT2D eigenvalue weighted by molar-refractivity contribution is 5.89. The van der Waals surface area contributed by atoms with E-state index in [2.05, 4.69) is 4.98 Å². The number of ether oxygens (including phenoxy) is 2. The maximum Gasteiger partial charge on any atom is 0.339 e. The van der Waals surface area contributed by atoms with Crippen molar-refractivity contribution < 1.29 is 14.3 Å². The fourth-order valence-electron chi connectivity index (χ4n) is 1.26. The Morgan fingerprint density at radius 2 is 2.25 bits per heavy atom. The summed E-state index contributed by atoms with van der Waals surface area (Å²) in [6.45, 7) is 2.48. The summed E-state index contributed by atoms with van der Waals surface area (Å²) in [5.41, 5.74) is 0.671. The SMILES string of the molecule is CCOC(=O)c1c[nH]c(=O)c(CCOC)c1. The van der Waals surface area contributed by atoms with Crippen molar-refractivity contribution in [3.05, 3.63) is 33.7 Å². The van der Waals surface area contributed by atoms with Gasteiger partial charge in [-0.3, -0.25) is 4.79 Å². The zero-order valence-corrected chi connectivity index (χ0v) is 9.41. The van der Waals surface area contributed by atoms with Crippen LogP contribution in [0.5, 0.6) is 0 Å². The fraction of sp³-hybridized carbons (Fsp3) is 0.455. The van der Waals surface area contributed by atoms with Gasteiger partial charge in [0, 0.05) is 25.3 Å². The predicted octanol–water partition coefficient (Wildman–Crippen LogP) is 0.740. The van der Waals surface area contributed by atoms with Crippen molar-refractivity contribution in [1.82, 2.24) is 4.98 Å². The van der Waals surface area contributed by atoms with Gasteiger partial charge in [0.25, 0.3) is 5.56 Å². The van der Waals surface area contributed by atoms with Crippen molar-refractivity contribution in [3.8, 4) is 0 Å². The lowest BCUT2D eigenvalue weighted by atomic mass is 10.1. The van der Waals surface area contributed by atoms with E-state index in [1.54, 1.807) is 14.0 Å². The first-order valence-electron chi connectivity index (χ1n) is 5.06.